The standard InChI is InChI=1S/C27H23F3N4O5S/c1-2-40(36,37)19-8-7-18(31-14-19)13-32-24(35)16-6-9-21-20(12-16)33-25(26(28)10-11-26)34(21)15-17-4-3-5-22-23(17)39-27(29,30)38-22/h3-9,12,14H,2,10-11,13,15H2,1H3,(H,32,35). The number of hydrogen-bond donors (Lipinski definition) is 1. The van der Waals surface area contributed by atoms with Gasteiger partial charge in [-0.15, -0.1) is 8.78 Å². The van der Waals surface area contributed by atoms with Crippen LogP contribution >= 0.6 is 0 Å². The highest BCUT2D eigenvalue weighted by molar-refractivity contribution is 7.91. The summed E-state index contributed by atoms with van der Waals surface area (Å²) >= 11 is 0. The fourth-order valence-electron chi connectivity index (χ4n) is 4.57. The molecule has 6 rings (SSSR count). The van der Waals surface area contributed by atoms with Crippen LogP contribution in [0.5, 0.6) is 11.5 Å². The first-order valence-corrected chi connectivity index (χ1v) is 14.2. The third-order valence-electron chi connectivity index (χ3n) is 6.91. The number of benzene rings is 2. The lowest BCUT2D eigenvalue weighted by Gasteiger charge is -2.13. The molecule has 2 aliphatic rings. The maximum Gasteiger partial charge on any atom is 0.586 e. The molecule has 2 aromatic carbocycles. The van der Waals surface area contributed by atoms with Crippen LogP contribution < -0.4 is 14.8 Å². The van der Waals surface area contributed by atoms with Crippen molar-refractivity contribution in [1.29, 1.82) is 0 Å². The Hall–Kier alpha value is -4.13. The van der Waals surface area contributed by atoms with Crippen molar-refractivity contribution in [2.75, 3.05) is 5.75 Å². The summed E-state index contributed by atoms with van der Waals surface area (Å²) in [5.41, 5.74) is 0.350. The maximum absolute atomic E-state index is 15.3. The first kappa shape index (κ1) is 26.1. The highest BCUT2D eigenvalue weighted by atomic mass is 32.2. The van der Waals surface area contributed by atoms with Crippen LogP contribution in [0, 0.1) is 0 Å². The van der Waals surface area contributed by atoms with E-state index in [0.29, 0.717) is 22.3 Å². The minimum absolute atomic E-state index is 0.00107. The van der Waals surface area contributed by atoms with E-state index in [1.54, 1.807) is 35.8 Å². The van der Waals surface area contributed by atoms with Crippen molar-refractivity contribution in [3.05, 3.63) is 77.4 Å². The number of para-hydroxylation sites is 1. The number of aromatic nitrogens is 3. The lowest BCUT2D eigenvalue weighted by Crippen LogP contribution is -2.26. The number of rotatable bonds is 8. The van der Waals surface area contributed by atoms with Crippen molar-refractivity contribution in [1.82, 2.24) is 19.9 Å². The molecular weight excluding hydrogens is 549 g/mol. The minimum Gasteiger partial charge on any atom is -0.395 e. The van der Waals surface area contributed by atoms with E-state index in [0.717, 1.165) is 0 Å². The summed E-state index contributed by atoms with van der Waals surface area (Å²) in [6.45, 7) is 1.60. The molecule has 0 atom stereocenters. The molecule has 0 radical (unpaired) electrons. The van der Waals surface area contributed by atoms with Gasteiger partial charge in [0.25, 0.3) is 5.91 Å². The largest absolute Gasteiger partial charge is 0.586 e. The van der Waals surface area contributed by atoms with Crippen molar-refractivity contribution in [2.45, 2.75) is 49.7 Å². The smallest absolute Gasteiger partial charge is 0.395 e. The summed E-state index contributed by atoms with van der Waals surface area (Å²) in [5, 5.41) is 2.73. The normalized spacial score (nSPS) is 16.7. The third-order valence-corrected chi connectivity index (χ3v) is 8.63. The molecule has 1 saturated carbocycles. The van der Waals surface area contributed by atoms with E-state index in [2.05, 4.69) is 20.0 Å². The summed E-state index contributed by atoms with van der Waals surface area (Å²) in [5.74, 6) is -0.548. The van der Waals surface area contributed by atoms with Crippen LogP contribution in [0.4, 0.5) is 13.2 Å². The van der Waals surface area contributed by atoms with Gasteiger partial charge in [0, 0.05) is 17.3 Å². The molecule has 1 N–H and O–H groups in total. The van der Waals surface area contributed by atoms with Crippen LogP contribution in [-0.4, -0.2) is 40.9 Å². The monoisotopic (exact) mass is 572 g/mol. The predicted molar refractivity (Wildman–Crippen MR) is 137 cm³/mol. The van der Waals surface area contributed by atoms with Gasteiger partial charge < -0.3 is 19.4 Å². The molecule has 0 saturated heterocycles. The van der Waals surface area contributed by atoms with Gasteiger partial charge in [0.05, 0.1) is 40.5 Å². The van der Waals surface area contributed by atoms with Gasteiger partial charge in [-0.3, -0.25) is 9.78 Å². The number of imidazole rings is 1. The quantitative estimate of drug-likeness (QED) is 0.331. The number of carbonyl (C=O) groups excluding carboxylic acids is 1. The number of alkyl halides is 3. The number of carbonyl (C=O) groups is 1. The number of nitrogens with zero attached hydrogens (tertiary/aromatic N) is 3. The second-order valence-electron chi connectivity index (χ2n) is 9.67. The molecule has 3 heterocycles. The fraction of sp³-hybridized carbons (Fsp3) is 0.296. The summed E-state index contributed by atoms with van der Waals surface area (Å²) in [6.07, 6.45) is -1.98. The van der Waals surface area contributed by atoms with E-state index >= 15 is 4.39 Å². The van der Waals surface area contributed by atoms with Crippen LogP contribution in [0.15, 0.2) is 59.6 Å². The summed E-state index contributed by atoms with van der Waals surface area (Å²) in [6, 6.07) is 12.2. The Labute approximate surface area is 226 Å². The van der Waals surface area contributed by atoms with Gasteiger partial charge in [-0.2, -0.15) is 0 Å². The van der Waals surface area contributed by atoms with E-state index in [1.165, 1.54) is 30.5 Å². The lowest BCUT2D eigenvalue weighted by molar-refractivity contribution is -0.287. The fourth-order valence-corrected chi connectivity index (χ4v) is 5.39. The number of pyridine rings is 1. The van der Waals surface area contributed by atoms with Crippen LogP contribution in [0.1, 0.15) is 47.2 Å². The second-order valence-corrected chi connectivity index (χ2v) is 12.0. The van der Waals surface area contributed by atoms with Crippen molar-refractivity contribution >= 4 is 26.8 Å². The third kappa shape index (κ3) is 4.74. The Bertz CT molecular complexity index is 1750. The topological polar surface area (TPSA) is 112 Å². The van der Waals surface area contributed by atoms with Crippen molar-refractivity contribution in [2.24, 2.45) is 0 Å². The molecule has 4 aromatic rings. The van der Waals surface area contributed by atoms with Gasteiger partial charge in [-0.1, -0.05) is 19.1 Å². The molecule has 208 valence electrons. The zero-order valence-corrected chi connectivity index (χ0v) is 22.0. The number of sulfone groups is 1. The van der Waals surface area contributed by atoms with E-state index in [-0.39, 0.29) is 59.5 Å². The summed E-state index contributed by atoms with van der Waals surface area (Å²) in [4.78, 5) is 21.6. The molecule has 0 spiro atoms. The van der Waals surface area contributed by atoms with Crippen molar-refractivity contribution in [3.8, 4) is 11.5 Å². The molecule has 1 fully saturated rings. The van der Waals surface area contributed by atoms with Crippen molar-refractivity contribution < 1.29 is 35.9 Å². The summed E-state index contributed by atoms with van der Waals surface area (Å²) < 4.78 is 77.5. The van der Waals surface area contributed by atoms with Crippen molar-refractivity contribution in [3.63, 3.8) is 0 Å². The number of amides is 1. The Kier molecular flexibility index (Phi) is 6.02. The van der Waals surface area contributed by atoms with E-state index in [4.69, 9.17) is 4.74 Å². The predicted octanol–water partition coefficient (Wildman–Crippen LogP) is 4.48. The van der Waals surface area contributed by atoms with E-state index < -0.39 is 27.7 Å². The van der Waals surface area contributed by atoms with Gasteiger partial charge in [0.15, 0.2) is 27.0 Å². The van der Waals surface area contributed by atoms with Crippen LogP contribution in [0.25, 0.3) is 11.0 Å². The molecule has 9 nitrogen and oxygen atoms in total. The Morgan fingerprint density at radius 1 is 1.10 bits per heavy atom. The van der Waals surface area contributed by atoms with Gasteiger partial charge in [-0.05, 0) is 49.2 Å². The molecule has 2 aromatic heterocycles. The van der Waals surface area contributed by atoms with Gasteiger partial charge >= 0.3 is 6.29 Å². The maximum atomic E-state index is 15.3. The zero-order chi connectivity index (χ0) is 28.3. The minimum atomic E-state index is -3.79. The van der Waals surface area contributed by atoms with Gasteiger partial charge in [-0.25, -0.2) is 17.8 Å². The number of hydrogen-bond acceptors (Lipinski definition) is 7. The van der Waals surface area contributed by atoms with E-state index in [1.807, 2.05) is 0 Å². The SMILES string of the molecule is CCS(=O)(=O)c1ccc(CNC(=O)c2ccc3c(c2)nc(C2(F)CC2)n3Cc2cccc3c2OC(F)(F)O3)nc1. The molecule has 0 unspecified atom stereocenters. The average molecular weight is 573 g/mol. The van der Waals surface area contributed by atoms with Crippen LogP contribution in [0.2, 0.25) is 0 Å². The molecule has 0 bridgehead atoms. The zero-order valence-electron chi connectivity index (χ0n) is 21.2. The molecule has 1 aliphatic carbocycles. The first-order valence-electron chi connectivity index (χ1n) is 12.5. The summed E-state index contributed by atoms with van der Waals surface area (Å²) in [7, 11) is -3.38. The average Bonchev–Trinajstić information content (AvgIpc) is 3.44. The Morgan fingerprint density at radius 3 is 2.60 bits per heavy atom. The Morgan fingerprint density at radius 2 is 1.90 bits per heavy atom. The number of nitrogens with one attached hydrogen (secondary N) is 1. The van der Waals surface area contributed by atoms with Gasteiger partial charge in [0.2, 0.25) is 0 Å². The molecule has 40 heavy (non-hydrogen) atoms. The second kappa shape index (κ2) is 9.22. The lowest BCUT2D eigenvalue weighted by atomic mass is 10.1. The molecule has 1 aliphatic heterocycles. The number of ether oxygens (including phenoxy) is 2. The highest BCUT2D eigenvalue weighted by Crippen LogP contribution is 2.50. The highest BCUT2D eigenvalue weighted by Gasteiger charge is 2.50. The molecule has 1 amide bonds. The number of halogens is 3. The van der Waals surface area contributed by atoms with Gasteiger partial charge in [0.1, 0.15) is 5.82 Å². The van der Waals surface area contributed by atoms with Crippen LogP contribution in [-0.2, 0) is 28.6 Å². The number of fused-ring (bicyclic) bond motifs is 2. The molecular formula is C27H23F3N4O5S. The van der Waals surface area contributed by atoms with E-state index in [9.17, 15) is 22.0 Å². The first-order chi connectivity index (χ1) is 19.0. The molecule has 13 heteroatoms. The van der Waals surface area contributed by atoms with Crippen LogP contribution in [0.3, 0.4) is 0 Å². The Balaban J connectivity index is 1.25.